The lowest BCUT2D eigenvalue weighted by molar-refractivity contribution is -0.157. The second-order valence-corrected chi connectivity index (χ2v) is 2.94. The van der Waals surface area contributed by atoms with E-state index in [4.69, 9.17) is 0 Å². The molecule has 0 bridgehead atoms. The first-order valence-corrected chi connectivity index (χ1v) is 4.38. The zero-order chi connectivity index (χ0) is 11.1. The molecule has 0 heterocycles. The fourth-order valence-electron chi connectivity index (χ4n) is 0.813. The van der Waals surface area contributed by atoms with Crippen LogP contribution in [0.3, 0.4) is 0 Å². The molecule has 0 aliphatic heterocycles. The van der Waals surface area contributed by atoms with Gasteiger partial charge in [0.15, 0.2) is 0 Å². The number of rotatable bonds is 4. The van der Waals surface area contributed by atoms with E-state index in [1.807, 2.05) is 6.92 Å². The number of allylic oxidation sites excluding steroid dienone is 1. The van der Waals surface area contributed by atoms with Gasteiger partial charge in [-0.3, -0.25) is 9.59 Å². The molecule has 0 saturated heterocycles. The topological polar surface area (TPSA) is 60.4 Å². The molecule has 0 aromatic carbocycles. The number of ether oxygens (including phenoxy) is 1. The number of esters is 2. The highest BCUT2D eigenvalue weighted by molar-refractivity contribution is 6.01. The summed E-state index contributed by atoms with van der Waals surface area (Å²) in [5.41, 5.74) is 0.379. The Balaban J connectivity index is 4.13. The van der Waals surface area contributed by atoms with E-state index in [-0.39, 0.29) is 12.2 Å². The summed E-state index contributed by atoms with van der Waals surface area (Å²) in [6, 6.07) is 0. The van der Waals surface area contributed by atoms with Crippen LogP contribution in [-0.4, -0.2) is 17.7 Å². The maximum Gasteiger partial charge on any atom is 0.341 e. The lowest BCUT2D eigenvalue weighted by atomic mass is 10.2. The third-order valence-electron chi connectivity index (χ3n) is 1.43. The molecule has 0 unspecified atom stereocenters. The molecule has 0 radical (unpaired) electrons. The summed E-state index contributed by atoms with van der Waals surface area (Å²) in [6.07, 6.45) is 2.00. The van der Waals surface area contributed by atoms with Gasteiger partial charge in [0.25, 0.3) is 0 Å². The minimum atomic E-state index is -0.800. The molecule has 0 amide bonds. The minimum absolute atomic E-state index is 0.320. The highest BCUT2D eigenvalue weighted by Crippen LogP contribution is 2.00. The smallest absolute Gasteiger partial charge is 0.341 e. The Labute approximate surface area is 82.9 Å². The van der Waals surface area contributed by atoms with Gasteiger partial charge < -0.3 is 4.74 Å². The zero-order valence-corrected chi connectivity index (χ0v) is 8.62. The summed E-state index contributed by atoms with van der Waals surface area (Å²) in [4.78, 5) is 32.5. The number of Topliss-reactive ketones (excluding diaryl/α,β-unsaturated/α-hetero) is 1. The molecule has 0 rings (SSSR count). The molecule has 0 atom stereocenters. The predicted molar refractivity (Wildman–Crippen MR) is 50.4 cm³/mol. The Hall–Kier alpha value is -1.45. The molecule has 0 aromatic heterocycles. The number of ketones is 1. The number of carbonyl (C=O) groups is 3. The Morgan fingerprint density at radius 3 is 2.21 bits per heavy atom. The van der Waals surface area contributed by atoms with E-state index in [9.17, 15) is 14.4 Å². The summed E-state index contributed by atoms with van der Waals surface area (Å²) < 4.78 is 4.41. The molecule has 78 valence electrons. The highest BCUT2D eigenvalue weighted by Gasteiger charge is 2.13. The van der Waals surface area contributed by atoms with Crippen LogP contribution in [0.25, 0.3) is 0 Å². The second-order valence-electron chi connectivity index (χ2n) is 2.94. The van der Waals surface area contributed by atoms with Crippen LogP contribution in [0.4, 0.5) is 0 Å². The van der Waals surface area contributed by atoms with Crippen LogP contribution in [0.2, 0.25) is 0 Å². The first-order chi connectivity index (χ1) is 6.47. The van der Waals surface area contributed by atoms with E-state index in [1.165, 1.54) is 6.92 Å². The zero-order valence-electron chi connectivity index (χ0n) is 8.62. The van der Waals surface area contributed by atoms with Crippen molar-refractivity contribution < 1.29 is 19.1 Å². The average molecular weight is 198 g/mol. The van der Waals surface area contributed by atoms with Crippen molar-refractivity contribution in [3.8, 4) is 0 Å². The summed E-state index contributed by atoms with van der Waals surface area (Å²) in [5, 5.41) is 0. The van der Waals surface area contributed by atoms with Crippen molar-refractivity contribution in [1.82, 2.24) is 0 Å². The Morgan fingerprint density at radius 2 is 1.79 bits per heavy atom. The molecule has 0 fully saturated rings. The molecule has 0 N–H and O–H groups in total. The number of hydrogen-bond donors (Lipinski definition) is 0. The summed E-state index contributed by atoms with van der Waals surface area (Å²) >= 11 is 0. The molecule has 0 spiro atoms. The normalized spacial score (nSPS) is 10.9. The van der Waals surface area contributed by atoms with Gasteiger partial charge in [-0.05, 0) is 20.3 Å². The van der Waals surface area contributed by atoms with Crippen LogP contribution in [0, 0.1) is 0 Å². The van der Waals surface area contributed by atoms with E-state index in [0.29, 0.717) is 12.0 Å². The maximum atomic E-state index is 11.1. The van der Waals surface area contributed by atoms with Gasteiger partial charge in [-0.2, -0.15) is 0 Å². The molecule has 4 nitrogen and oxygen atoms in total. The van der Waals surface area contributed by atoms with Gasteiger partial charge in [0.2, 0.25) is 0 Å². The molecule has 0 aromatic rings. The highest BCUT2D eigenvalue weighted by atomic mass is 16.6. The number of carbonyl (C=O) groups excluding carboxylic acids is 3. The van der Waals surface area contributed by atoms with Crippen LogP contribution in [0.1, 0.15) is 33.6 Å². The van der Waals surface area contributed by atoms with Crippen molar-refractivity contribution in [3.63, 3.8) is 0 Å². The van der Waals surface area contributed by atoms with E-state index in [2.05, 4.69) is 4.74 Å². The third-order valence-corrected chi connectivity index (χ3v) is 1.43. The van der Waals surface area contributed by atoms with Crippen molar-refractivity contribution >= 4 is 17.7 Å². The lowest BCUT2D eigenvalue weighted by Crippen LogP contribution is -2.15. The summed E-state index contributed by atoms with van der Waals surface area (Å²) in [7, 11) is 0. The van der Waals surface area contributed by atoms with Gasteiger partial charge in [-0.15, -0.1) is 0 Å². The Kier molecular flexibility index (Phi) is 5.44. The van der Waals surface area contributed by atoms with Crippen molar-refractivity contribution in [2.75, 3.05) is 0 Å². The van der Waals surface area contributed by atoms with E-state index in [0.717, 1.165) is 0 Å². The van der Waals surface area contributed by atoms with Crippen LogP contribution in [-0.2, 0) is 19.1 Å². The SMILES string of the molecule is CC/C=C(\C)C(=O)OC(=O)CC(C)=O. The molecule has 0 aliphatic carbocycles. The molecule has 0 saturated carbocycles. The van der Waals surface area contributed by atoms with Crippen molar-refractivity contribution in [1.29, 1.82) is 0 Å². The molecular formula is C10H14O4. The standard InChI is InChI=1S/C10H14O4/c1-4-5-7(2)10(13)14-9(12)6-8(3)11/h5H,4,6H2,1-3H3/b7-5+. The maximum absolute atomic E-state index is 11.1. The van der Waals surface area contributed by atoms with E-state index < -0.39 is 11.9 Å². The molecule has 4 heteroatoms. The van der Waals surface area contributed by atoms with Gasteiger partial charge >= 0.3 is 11.9 Å². The van der Waals surface area contributed by atoms with Crippen molar-refractivity contribution in [2.45, 2.75) is 33.6 Å². The Morgan fingerprint density at radius 1 is 1.21 bits per heavy atom. The third kappa shape index (κ3) is 5.24. The summed E-state index contributed by atoms with van der Waals surface area (Å²) in [6.45, 7) is 4.70. The quantitative estimate of drug-likeness (QED) is 0.389. The fraction of sp³-hybridized carbons (Fsp3) is 0.500. The fourth-order valence-corrected chi connectivity index (χ4v) is 0.813. The molecule has 0 aliphatic rings. The first-order valence-electron chi connectivity index (χ1n) is 4.38. The van der Waals surface area contributed by atoms with Crippen molar-refractivity contribution in [3.05, 3.63) is 11.6 Å². The van der Waals surface area contributed by atoms with E-state index in [1.54, 1.807) is 13.0 Å². The van der Waals surface area contributed by atoms with Crippen LogP contribution >= 0.6 is 0 Å². The van der Waals surface area contributed by atoms with Gasteiger partial charge in [0.1, 0.15) is 12.2 Å². The summed E-state index contributed by atoms with van der Waals surface area (Å²) in [5.74, 6) is -1.80. The lowest BCUT2D eigenvalue weighted by Gasteiger charge is -2.00. The predicted octanol–water partition coefficient (Wildman–Crippen LogP) is 1.39. The first kappa shape index (κ1) is 12.6. The van der Waals surface area contributed by atoms with Crippen LogP contribution in [0.15, 0.2) is 11.6 Å². The monoisotopic (exact) mass is 198 g/mol. The van der Waals surface area contributed by atoms with Crippen LogP contribution in [0.5, 0.6) is 0 Å². The van der Waals surface area contributed by atoms with Gasteiger partial charge in [0, 0.05) is 5.57 Å². The second kappa shape index (κ2) is 6.07. The van der Waals surface area contributed by atoms with Crippen LogP contribution < -0.4 is 0 Å². The molecule has 14 heavy (non-hydrogen) atoms. The van der Waals surface area contributed by atoms with Gasteiger partial charge in [-0.25, -0.2) is 4.79 Å². The van der Waals surface area contributed by atoms with Gasteiger partial charge in [0.05, 0.1) is 0 Å². The van der Waals surface area contributed by atoms with E-state index >= 15 is 0 Å². The average Bonchev–Trinajstić information content (AvgIpc) is 2.02. The molecular weight excluding hydrogens is 184 g/mol. The van der Waals surface area contributed by atoms with Gasteiger partial charge in [-0.1, -0.05) is 13.0 Å². The minimum Gasteiger partial charge on any atom is -0.389 e. The van der Waals surface area contributed by atoms with Crippen molar-refractivity contribution in [2.24, 2.45) is 0 Å². The number of hydrogen-bond acceptors (Lipinski definition) is 4. The largest absolute Gasteiger partial charge is 0.389 e. The Bertz CT molecular complexity index is 276.